The van der Waals surface area contributed by atoms with Gasteiger partial charge in [0, 0.05) is 10.6 Å². The summed E-state index contributed by atoms with van der Waals surface area (Å²) < 4.78 is 0. The Bertz CT molecular complexity index is 995. The Labute approximate surface area is 184 Å². The van der Waals surface area contributed by atoms with Crippen molar-refractivity contribution in [3.05, 3.63) is 69.3 Å². The number of hydrogen-bond acceptors (Lipinski definition) is 4. The molecule has 0 saturated carbocycles. The van der Waals surface area contributed by atoms with E-state index in [1.165, 1.54) is 44.0 Å². The van der Waals surface area contributed by atoms with Crippen molar-refractivity contribution in [2.24, 2.45) is 0 Å². The van der Waals surface area contributed by atoms with E-state index in [9.17, 15) is 4.79 Å². The Balaban J connectivity index is 1.50. The third-order valence-corrected chi connectivity index (χ3v) is 7.70. The predicted molar refractivity (Wildman–Crippen MR) is 126 cm³/mol. The number of hydrogen-bond donors (Lipinski definition) is 1. The highest BCUT2D eigenvalue weighted by Crippen LogP contribution is 2.45. The van der Waals surface area contributed by atoms with Crippen LogP contribution < -0.4 is 5.32 Å². The van der Waals surface area contributed by atoms with Crippen LogP contribution in [0.25, 0.3) is 11.1 Å². The monoisotopic (exact) mass is 421 g/mol. The van der Waals surface area contributed by atoms with Gasteiger partial charge in [0.2, 0.25) is 5.91 Å². The molecule has 4 nitrogen and oxygen atoms in total. The summed E-state index contributed by atoms with van der Waals surface area (Å²) in [7, 11) is 1.99. The molecule has 2 heterocycles. The molecule has 1 atom stereocenters. The maximum Gasteiger partial charge on any atom is 0.237 e. The smallest absolute Gasteiger partial charge is 0.237 e. The highest BCUT2D eigenvalue weighted by Gasteiger charge is 2.35. The van der Waals surface area contributed by atoms with Gasteiger partial charge in [-0.3, -0.25) is 9.69 Å². The van der Waals surface area contributed by atoms with Gasteiger partial charge in [-0.15, -0.1) is 0 Å². The Morgan fingerprint density at radius 1 is 1.10 bits per heavy atom. The number of amides is 1. The average molecular weight is 422 g/mol. The van der Waals surface area contributed by atoms with Gasteiger partial charge in [0.25, 0.3) is 0 Å². The molecular formula is C25H31N3OS. The minimum atomic E-state index is 0.209. The normalized spacial score (nSPS) is 18.2. The molecule has 0 aliphatic carbocycles. The number of carbonyl (C=O) groups is 1. The van der Waals surface area contributed by atoms with Crippen molar-refractivity contribution in [3.63, 3.8) is 0 Å². The Hall–Kier alpha value is -2.24. The fourth-order valence-electron chi connectivity index (χ4n) is 4.20. The van der Waals surface area contributed by atoms with Gasteiger partial charge in [-0.1, -0.05) is 55.1 Å². The summed E-state index contributed by atoms with van der Waals surface area (Å²) in [4.78, 5) is 17.9. The summed E-state index contributed by atoms with van der Waals surface area (Å²) in [6, 6.07) is 13.2. The van der Waals surface area contributed by atoms with Crippen molar-refractivity contribution < 1.29 is 4.79 Å². The number of thioether (sulfide) groups is 1. The van der Waals surface area contributed by atoms with Crippen molar-refractivity contribution in [2.45, 2.75) is 33.1 Å². The van der Waals surface area contributed by atoms with Gasteiger partial charge >= 0.3 is 0 Å². The number of likely N-dealkylation sites (N-methyl/N-ethyl adjacent to an activating group) is 1. The van der Waals surface area contributed by atoms with Crippen molar-refractivity contribution in [1.29, 1.82) is 0 Å². The highest BCUT2D eigenvalue weighted by molar-refractivity contribution is 8.03. The first-order valence-electron chi connectivity index (χ1n) is 10.7. The SMILES string of the molecule is CCN(C)CC(=O)N1CC2=C(C1)SC(c1cccc(-c3cccc(C)c3C)c1C)N2. The topological polar surface area (TPSA) is 35.6 Å². The molecule has 1 N–H and O–H groups in total. The second-order valence-corrected chi connectivity index (χ2v) is 9.59. The van der Waals surface area contributed by atoms with Crippen molar-refractivity contribution >= 4 is 17.7 Å². The van der Waals surface area contributed by atoms with E-state index in [0.717, 1.165) is 13.1 Å². The Morgan fingerprint density at radius 3 is 2.50 bits per heavy atom. The second-order valence-electron chi connectivity index (χ2n) is 8.39. The number of benzene rings is 2. The number of carbonyl (C=O) groups excluding carboxylic acids is 1. The lowest BCUT2D eigenvalue weighted by Gasteiger charge is -2.24. The summed E-state index contributed by atoms with van der Waals surface area (Å²) in [5.74, 6) is 0.209. The lowest BCUT2D eigenvalue weighted by atomic mass is 9.92. The lowest BCUT2D eigenvalue weighted by molar-refractivity contribution is -0.130. The van der Waals surface area contributed by atoms with Gasteiger partial charge in [-0.25, -0.2) is 0 Å². The van der Waals surface area contributed by atoms with E-state index in [0.29, 0.717) is 13.1 Å². The molecule has 0 radical (unpaired) electrons. The van der Waals surface area contributed by atoms with Gasteiger partial charge in [0.15, 0.2) is 0 Å². The van der Waals surface area contributed by atoms with E-state index >= 15 is 0 Å². The van der Waals surface area contributed by atoms with E-state index in [-0.39, 0.29) is 11.3 Å². The van der Waals surface area contributed by atoms with Crippen LogP contribution in [-0.2, 0) is 4.79 Å². The molecule has 1 unspecified atom stereocenters. The standard InChI is InChI=1S/C25H31N3OS/c1-6-27(5)15-24(29)28-13-22-23(14-28)30-25(26-22)21-12-8-11-20(18(21)4)19-10-7-9-16(2)17(19)3/h7-12,25-26H,6,13-15H2,1-5H3. The predicted octanol–water partition coefficient (Wildman–Crippen LogP) is 4.62. The zero-order valence-corrected chi connectivity index (χ0v) is 19.4. The van der Waals surface area contributed by atoms with E-state index in [4.69, 9.17) is 0 Å². The van der Waals surface area contributed by atoms with Gasteiger partial charge in [0.05, 0.1) is 19.6 Å². The van der Waals surface area contributed by atoms with Crippen LogP contribution in [0.5, 0.6) is 0 Å². The molecule has 5 heteroatoms. The first-order valence-corrected chi connectivity index (χ1v) is 11.5. The molecule has 1 amide bonds. The second kappa shape index (κ2) is 8.48. The highest BCUT2D eigenvalue weighted by atomic mass is 32.2. The third-order valence-electron chi connectivity index (χ3n) is 6.44. The van der Waals surface area contributed by atoms with Crippen LogP contribution in [0, 0.1) is 20.8 Å². The summed E-state index contributed by atoms with van der Waals surface area (Å²) in [5.41, 5.74) is 9.17. The van der Waals surface area contributed by atoms with Crippen LogP contribution in [0.1, 0.15) is 34.6 Å². The summed E-state index contributed by atoms with van der Waals surface area (Å²) in [6.07, 6.45) is 0. The first-order chi connectivity index (χ1) is 14.4. The van der Waals surface area contributed by atoms with E-state index in [1.807, 2.05) is 23.7 Å². The van der Waals surface area contributed by atoms with Crippen LogP contribution in [0.2, 0.25) is 0 Å². The number of nitrogens with one attached hydrogen (secondary N) is 1. The molecule has 4 rings (SSSR count). The van der Waals surface area contributed by atoms with Crippen LogP contribution >= 0.6 is 11.8 Å². The minimum absolute atomic E-state index is 0.209. The van der Waals surface area contributed by atoms with Crippen LogP contribution in [0.3, 0.4) is 0 Å². The molecular weight excluding hydrogens is 390 g/mol. The van der Waals surface area contributed by atoms with E-state index in [2.05, 4.69) is 74.3 Å². The average Bonchev–Trinajstić information content (AvgIpc) is 3.30. The summed E-state index contributed by atoms with van der Waals surface area (Å²) >= 11 is 1.87. The van der Waals surface area contributed by atoms with Gasteiger partial charge < -0.3 is 10.2 Å². The fraction of sp³-hybridized carbons (Fsp3) is 0.400. The molecule has 0 aromatic heterocycles. The first kappa shape index (κ1) is 21.0. The molecule has 2 aliphatic rings. The van der Waals surface area contributed by atoms with E-state index in [1.54, 1.807) is 0 Å². The fourth-order valence-corrected chi connectivity index (χ4v) is 5.56. The molecule has 0 bridgehead atoms. The largest absolute Gasteiger partial charge is 0.370 e. The molecule has 0 fully saturated rings. The quantitative estimate of drug-likeness (QED) is 0.764. The molecule has 0 saturated heterocycles. The molecule has 0 spiro atoms. The molecule has 30 heavy (non-hydrogen) atoms. The maximum absolute atomic E-state index is 12.5. The molecule has 158 valence electrons. The molecule has 2 aliphatic heterocycles. The Morgan fingerprint density at radius 2 is 1.80 bits per heavy atom. The number of aryl methyl sites for hydroxylation is 1. The van der Waals surface area contributed by atoms with Crippen molar-refractivity contribution in [1.82, 2.24) is 15.1 Å². The maximum atomic E-state index is 12.5. The zero-order valence-electron chi connectivity index (χ0n) is 18.6. The van der Waals surface area contributed by atoms with Crippen LogP contribution in [0.15, 0.2) is 47.0 Å². The summed E-state index contributed by atoms with van der Waals surface area (Å²) in [6.45, 7) is 11.5. The number of nitrogens with zero attached hydrogens (tertiary/aromatic N) is 2. The van der Waals surface area contributed by atoms with Crippen molar-refractivity contribution in [2.75, 3.05) is 33.2 Å². The lowest BCUT2D eigenvalue weighted by Crippen LogP contribution is -2.39. The molecule has 2 aromatic rings. The van der Waals surface area contributed by atoms with Gasteiger partial charge in [0.1, 0.15) is 5.37 Å². The van der Waals surface area contributed by atoms with Crippen molar-refractivity contribution in [3.8, 4) is 11.1 Å². The Kier molecular flexibility index (Phi) is 5.94. The minimum Gasteiger partial charge on any atom is -0.370 e. The third kappa shape index (κ3) is 3.88. The summed E-state index contributed by atoms with van der Waals surface area (Å²) in [5, 5.41) is 3.92. The van der Waals surface area contributed by atoms with Gasteiger partial charge in [-0.2, -0.15) is 0 Å². The molecule has 2 aromatic carbocycles. The zero-order chi connectivity index (χ0) is 21.4. The van der Waals surface area contributed by atoms with E-state index < -0.39 is 0 Å². The van der Waals surface area contributed by atoms with Crippen LogP contribution in [-0.4, -0.2) is 48.9 Å². The van der Waals surface area contributed by atoms with Crippen LogP contribution in [0.4, 0.5) is 0 Å². The number of rotatable bonds is 5. The van der Waals surface area contributed by atoms with Gasteiger partial charge in [-0.05, 0) is 67.7 Å².